The molecule has 0 saturated carbocycles. The van der Waals surface area contributed by atoms with Gasteiger partial charge in [0.25, 0.3) is 6.43 Å². The molecule has 0 aliphatic rings. The Morgan fingerprint density at radius 2 is 1.94 bits per heavy atom. The van der Waals surface area contributed by atoms with Crippen molar-refractivity contribution in [1.82, 2.24) is 5.32 Å². The molecule has 0 aliphatic heterocycles. The topological polar surface area (TPSA) is 21.3 Å². The first-order valence-electron chi connectivity index (χ1n) is 4.92. The summed E-state index contributed by atoms with van der Waals surface area (Å²) in [5, 5.41) is 2.82. The van der Waals surface area contributed by atoms with Crippen LogP contribution in [0.3, 0.4) is 0 Å². The molecule has 16 heavy (non-hydrogen) atoms. The zero-order valence-corrected chi connectivity index (χ0v) is 8.92. The van der Waals surface area contributed by atoms with Gasteiger partial charge in [-0.2, -0.15) is 0 Å². The van der Waals surface area contributed by atoms with Gasteiger partial charge in [0.15, 0.2) is 0 Å². The number of alkyl halides is 2. The van der Waals surface area contributed by atoms with E-state index < -0.39 is 19.1 Å². The van der Waals surface area contributed by atoms with Crippen molar-refractivity contribution in [2.45, 2.75) is 12.5 Å². The van der Waals surface area contributed by atoms with Crippen LogP contribution in [0.15, 0.2) is 24.3 Å². The van der Waals surface area contributed by atoms with Crippen LogP contribution in [0.5, 0.6) is 0 Å². The predicted octanol–water partition coefficient (Wildman–Crippen LogP) is 2.37. The monoisotopic (exact) mass is 233 g/mol. The SMILES string of the molecule is CNC(COCC(F)F)c1ccccc1F. The second-order valence-corrected chi connectivity index (χ2v) is 3.29. The first-order chi connectivity index (χ1) is 7.65. The summed E-state index contributed by atoms with van der Waals surface area (Å²) in [4.78, 5) is 0. The van der Waals surface area contributed by atoms with Crippen LogP contribution in [0.1, 0.15) is 11.6 Å². The summed E-state index contributed by atoms with van der Waals surface area (Å²) in [6.45, 7) is -0.617. The van der Waals surface area contributed by atoms with Crippen LogP contribution >= 0.6 is 0 Å². The largest absolute Gasteiger partial charge is 0.374 e. The van der Waals surface area contributed by atoms with Gasteiger partial charge in [0.1, 0.15) is 12.4 Å². The normalized spacial score (nSPS) is 13.1. The van der Waals surface area contributed by atoms with Gasteiger partial charge in [-0.3, -0.25) is 0 Å². The van der Waals surface area contributed by atoms with E-state index in [1.54, 1.807) is 25.2 Å². The molecule has 5 heteroatoms. The Balaban J connectivity index is 2.57. The summed E-state index contributed by atoms with van der Waals surface area (Å²) in [6.07, 6.45) is -2.50. The molecule has 90 valence electrons. The van der Waals surface area contributed by atoms with Gasteiger partial charge in [-0.05, 0) is 13.1 Å². The van der Waals surface area contributed by atoms with Crippen molar-refractivity contribution in [1.29, 1.82) is 0 Å². The van der Waals surface area contributed by atoms with Crippen LogP contribution in [-0.2, 0) is 4.74 Å². The van der Waals surface area contributed by atoms with Crippen molar-refractivity contribution in [3.8, 4) is 0 Å². The summed E-state index contributed by atoms with van der Waals surface area (Å²) in [5.41, 5.74) is 0.416. The molecule has 0 spiro atoms. The van der Waals surface area contributed by atoms with Crippen LogP contribution in [-0.4, -0.2) is 26.7 Å². The second kappa shape index (κ2) is 6.50. The highest BCUT2D eigenvalue weighted by molar-refractivity contribution is 5.21. The van der Waals surface area contributed by atoms with Crippen molar-refractivity contribution < 1.29 is 17.9 Å². The van der Waals surface area contributed by atoms with E-state index in [4.69, 9.17) is 4.74 Å². The molecule has 1 atom stereocenters. The minimum absolute atomic E-state index is 0.0156. The summed E-state index contributed by atoms with van der Waals surface area (Å²) in [5.74, 6) is -0.373. The Bertz CT molecular complexity index is 320. The fourth-order valence-corrected chi connectivity index (χ4v) is 1.36. The number of ether oxygens (including phenoxy) is 1. The van der Waals surface area contributed by atoms with Crippen LogP contribution in [0.25, 0.3) is 0 Å². The Hall–Kier alpha value is -1.07. The van der Waals surface area contributed by atoms with E-state index in [-0.39, 0.29) is 12.4 Å². The number of likely N-dealkylation sites (N-methyl/N-ethyl adjacent to an activating group) is 1. The van der Waals surface area contributed by atoms with Gasteiger partial charge in [0, 0.05) is 5.56 Å². The van der Waals surface area contributed by atoms with Crippen molar-refractivity contribution >= 4 is 0 Å². The predicted molar refractivity (Wildman–Crippen MR) is 55.0 cm³/mol. The Labute approximate surface area is 92.4 Å². The molecular formula is C11H14F3NO. The van der Waals surface area contributed by atoms with E-state index in [0.29, 0.717) is 5.56 Å². The molecule has 1 rings (SSSR count). The molecule has 0 aliphatic carbocycles. The third-order valence-electron chi connectivity index (χ3n) is 2.16. The Morgan fingerprint density at radius 1 is 1.25 bits per heavy atom. The van der Waals surface area contributed by atoms with E-state index in [2.05, 4.69) is 5.32 Å². The number of halogens is 3. The molecule has 1 aromatic rings. The first-order valence-corrected chi connectivity index (χ1v) is 4.92. The number of rotatable bonds is 6. The average Bonchev–Trinajstić information content (AvgIpc) is 2.25. The number of hydrogen-bond acceptors (Lipinski definition) is 2. The molecule has 0 bridgehead atoms. The molecule has 1 N–H and O–H groups in total. The molecule has 0 heterocycles. The lowest BCUT2D eigenvalue weighted by atomic mass is 10.1. The maximum Gasteiger partial charge on any atom is 0.261 e. The highest BCUT2D eigenvalue weighted by Gasteiger charge is 2.14. The lowest BCUT2D eigenvalue weighted by molar-refractivity contribution is 0.00958. The van der Waals surface area contributed by atoms with Crippen molar-refractivity contribution in [2.75, 3.05) is 20.3 Å². The highest BCUT2D eigenvalue weighted by atomic mass is 19.3. The highest BCUT2D eigenvalue weighted by Crippen LogP contribution is 2.16. The van der Waals surface area contributed by atoms with Crippen LogP contribution in [0.2, 0.25) is 0 Å². The first kappa shape index (κ1) is 13.0. The summed E-state index contributed by atoms with van der Waals surface area (Å²) in [7, 11) is 1.63. The average molecular weight is 233 g/mol. The summed E-state index contributed by atoms with van der Waals surface area (Å²) in [6, 6.07) is 5.77. The fraction of sp³-hybridized carbons (Fsp3) is 0.455. The number of benzene rings is 1. The van der Waals surface area contributed by atoms with Crippen molar-refractivity contribution in [3.63, 3.8) is 0 Å². The van der Waals surface area contributed by atoms with E-state index in [1.165, 1.54) is 6.07 Å². The van der Waals surface area contributed by atoms with E-state index in [0.717, 1.165) is 0 Å². The van der Waals surface area contributed by atoms with Crippen molar-refractivity contribution in [2.24, 2.45) is 0 Å². The van der Waals surface area contributed by atoms with Gasteiger partial charge in [-0.25, -0.2) is 13.2 Å². The van der Waals surface area contributed by atoms with E-state index in [9.17, 15) is 13.2 Å². The standard InChI is InChI=1S/C11H14F3NO/c1-15-10(6-16-7-11(13)14)8-4-2-3-5-9(8)12/h2-5,10-11,15H,6-7H2,1H3. The minimum Gasteiger partial charge on any atom is -0.374 e. The van der Waals surface area contributed by atoms with Gasteiger partial charge in [0.05, 0.1) is 12.6 Å². The molecule has 0 saturated heterocycles. The second-order valence-electron chi connectivity index (χ2n) is 3.29. The third kappa shape index (κ3) is 3.83. The Kier molecular flexibility index (Phi) is 5.28. The van der Waals surface area contributed by atoms with E-state index >= 15 is 0 Å². The quantitative estimate of drug-likeness (QED) is 0.814. The zero-order chi connectivity index (χ0) is 12.0. The summed E-state index contributed by atoms with van der Waals surface area (Å²) >= 11 is 0. The van der Waals surface area contributed by atoms with Crippen LogP contribution in [0.4, 0.5) is 13.2 Å². The van der Waals surface area contributed by atoms with Gasteiger partial charge in [0.2, 0.25) is 0 Å². The number of hydrogen-bond donors (Lipinski definition) is 1. The van der Waals surface area contributed by atoms with Gasteiger partial charge < -0.3 is 10.1 Å². The Morgan fingerprint density at radius 3 is 2.50 bits per heavy atom. The zero-order valence-electron chi connectivity index (χ0n) is 8.92. The molecular weight excluding hydrogens is 219 g/mol. The molecule has 0 radical (unpaired) electrons. The van der Waals surface area contributed by atoms with Crippen molar-refractivity contribution in [3.05, 3.63) is 35.6 Å². The molecule has 0 fully saturated rings. The van der Waals surface area contributed by atoms with Crippen LogP contribution in [0, 0.1) is 5.82 Å². The molecule has 1 aromatic carbocycles. The number of nitrogens with one attached hydrogen (secondary N) is 1. The lowest BCUT2D eigenvalue weighted by Gasteiger charge is -2.17. The molecule has 2 nitrogen and oxygen atoms in total. The third-order valence-corrected chi connectivity index (χ3v) is 2.16. The smallest absolute Gasteiger partial charge is 0.261 e. The minimum atomic E-state index is -2.50. The molecule has 0 aromatic heterocycles. The molecule has 0 amide bonds. The maximum atomic E-state index is 13.4. The summed E-state index contributed by atoms with van der Waals surface area (Å²) < 4.78 is 41.9. The van der Waals surface area contributed by atoms with E-state index in [1.807, 2.05) is 0 Å². The lowest BCUT2D eigenvalue weighted by Crippen LogP contribution is -2.24. The van der Waals surface area contributed by atoms with Gasteiger partial charge in [-0.1, -0.05) is 18.2 Å². The fourth-order valence-electron chi connectivity index (χ4n) is 1.36. The maximum absolute atomic E-state index is 13.4. The van der Waals surface area contributed by atoms with Gasteiger partial charge in [-0.15, -0.1) is 0 Å². The van der Waals surface area contributed by atoms with Crippen LogP contribution < -0.4 is 5.32 Å². The molecule has 1 unspecified atom stereocenters. The van der Waals surface area contributed by atoms with Gasteiger partial charge >= 0.3 is 0 Å².